The molecule has 2 rings (SSSR count). The smallest absolute Gasteiger partial charge is 0.0936 e. The van der Waals surface area contributed by atoms with Gasteiger partial charge in [-0.3, -0.25) is 0 Å². The van der Waals surface area contributed by atoms with Gasteiger partial charge in [0.25, 0.3) is 0 Å². The summed E-state index contributed by atoms with van der Waals surface area (Å²) in [6, 6.07) is 7.98. The summed E-state index contributed by atoms with van der Waals surface area (Å²) in [5.74, 6) is 2.04. The van der Waals surface area contributed by atoms with Crippen molar-refractivity contribution in [3.05, 3.63) is 30.1 Å². The summed E-state index contributed by atoms with van der Waals surface area (Å²) in [4.78, 5) is 3.86. The second-order valence-electron chi connectivity index (χ2n) is 1.99. The predicted molar refractivity (Wildman–Crippen MR) is 42.1 cm³/mol. The van der Waals surface area contributed by atoms with Crippen molar-refractivity contribution in [1.29, 1.82) is 0 Å². The van der Waals surface area contributed by atoms with Crippen LogP contribution in [0.4, 0.5) is 0 Å². The Morgan fingerprint density at radius 2 is 2.10 bits per heavy atom. The molecule has 0 spiro atoms. The van der Waals surface area contributed by atoms with Crippen LogP contribution in [0.25, 0.3) is 10.9 Å². The van der Waals surface area contributed by atoms with Crippen LogP contribution in [0.1, 0.15) is 0 Å². The van der Waals surface area contributed by atoms with Gasteiger partial charge in [0.1, 0.15) is 0 Å². The van der Waals surface area contributed by atoms with Gasteiger partial charge in [-0.05, 0) is 11.9 Å². The van der Waals surface area contributed by atoms with E-state index < -0.39 is 0 Å². The van der Waals surface area contributed by atoms with E-state index in [1.807, 2.05) is 30.1 Å². The molecule has 0 unspecified atom stereocenters. The molecule has 0 saturated carbocycles. The van der Waals surface area contributed by atoms with Gasteiger partial charge >= 0.3 is 0 Å². The van der Waals surface area contributed by atoms with E-state index in [-0.39, 0.29) is 0 Å². The molecule has 0 bridgehead atoms. The fourth-order valence-corrected chi connectivity index (χ4v) is 1.39. The third kappa shape index (κ3) is 0.869. The van der Waals surface area contributed by atoms with Crippen LogP contribution in [-0.4, -0.2) is 9.96 Å². The van der Waals surface area contributed by atoms with Gasteiger partial charge in [-0.2, -0.15) is 0 Å². The molecule has 2 nitrogen and oxygen atoms in total. The average Bonchev–Trinajstić information content (AvgIpc) is 2.05. The van der Waals surface area contributed by atoms with E-state index in [0.29, 0.717) is 0 Å². The van der Waals surface area contributed by atoms with Gasteiger partial charge in [0.2, 0.25) is 0 Å². The number of nitrogens with zero attached hydrogens (tertiary/aromatic N) is 2. The van der Waals surface area contributed by atoms with Crippen LogP contribution in [0.15, 0.2) is 30.1 Å². The average molecular weight is 148 g/mol. The predicted octanol–water partition coefficient (Wildman–Crippen LogP) is 2.21. The Morgan fingerprint density at radius 3 is 3.00 bits per heavy atom. The third-order valence-corrected chi connectivity index (χ3v) is 1.92. The van der Waals surface area contributed by atoms with Crippen molar-refractivity contribution in [3.8, 4) is 0 Å². The number of rotatable bonds is 0. The van der Waals surface area contributed by atoms with Crippen molar-refractivity contribution in [2.24, 2.45) is 0 Å². The molecule has 0 N–H and O–H groups in total. The summed E-state index contributed by atoms with van der Waals surface area (Å²) in [5, 5.41) is 5.15. The molecule has 0 fully saturated rings. The first-order valence-electron chi connectivity index (χ1n) is 3.00. The maximum Gasteiger partial charge on any atom is 0.0936 e. The maximum atomic E-state index is 3.97. The van der Waals surface area contributed by atoms with E-state index in [1.54, 1.807) is 0 Å². The fourth-order valence-electron chi connectivity index (χ4n) is 0.850. The van der Waals surface area contributed by atoms with Crippen molar-refractivity contribution in [2.45, 2.75) is 0 Å². The lowest BCUT2D eigenvalue weighted by Gasteiger charge is -1.89. The summed E-state index contributed by atoms with van der Waals surface area (Å²) in [6.45, 7) is 0. The van der Waals surface area contributed by atoms with Crippen LogP contribution in [0.5, 0.6) is 0 Å². The quantitative estimate of drug-likeness (QED) is 0.572. The molecule has 10 heavy (non-hydrogen) atoms. The standard InChI is InChI=1S/C7H5N2P/c1-2-4-7-6(3-1)5-10-9-8-7/h1-5H. The molecule has 48 valence electrons. The molecule has 0 amide bonds. The molecule has 0 saturated heterocycles. The topological polar surface area (TPSA) is 25.8 Å². The number of hydrogen-bond acceptors (Lipinski definition) is 2. The zero-order valence-corrected chi connectivity index (χ0v) is 6.12. The van der Waals surface area contributed by atoms with Gasteiger partial charge in [-0.1, -0.05) is 18.2 Å². The van der Waals surface area contributed by atoms with E-state index in [1.165, 1.54) is 5.39 Å². The normalized spacial score (nSPS) is 10.8. The zero-order valence-electron chi connectivity index (χ0n) is 5.23. The number of aromatic nitrogens is 2. The Balaban J connectivity index is 2.89. The minimum Gasteiger partial charge on any atom is -0.146 e. The number of benzene rings is 1. The Labute approximate surface area is 60.1 Å². The summed E-state index contributed by atoms with van der Waals surface area (Å²) < 4.78 is 0. The van der Waals surface area contributed by atoms with Gasteiger partial charge in [-0.15, -0.1) is 9.96 Å². The molecule has 1 heterocycles. The lowest BCUT2D eigenvalue weighted by atomic mass is 10.3. The van der Waals surface area contributed by atoms with E-state index in [4.69, 9.17) is 0 Å². The molecule has 0 atom stereocenters. The second kappa shape index (κ2) is 2.31. The maximum absolute atomic E-state index is 3.97. The molecule has 0 aliphatic carbocycles. The Bertz CT molecular complexity index is 283. The van der Waals surface area contributed by atoms with Crippen LogP contribution in [0, 0.1) is 0 Å². The fraction of sp³-hybridized carbons (Fsp3) is 0. The van der Waals surface area contributed by atoms with Crippen molar-refractivity contribution in [2.75, 3.05) is 0 Å². The highest BCUT2D eigenvalue weighted by atomic mass is 31.0. The van der Waals surface area contributed by atoms with Gasteiger partial charge < -0.3 is 0 Å². The minimum absolute atomic E-state index is 0.936. The molecule has 0 aliphatic heterocycles. The van der Waals surface area contributed by atoms with Crippen LogP contribution >= 0.6 is 8.35 Å². The van der Waals surface area contributed by atoms with Crippen molar-refractivity contribution in [3.63, 3.8) is 0 Å². The lowest BCUT2D eigenvalue weighted by molar-refractivity contribution is 1.18. The molecule has 1 aromatic heterocycles. The summed E-state index contributed by atoms with van der Waals surface area (Å²) in [5.41, 5.74) is 0.973. The number of fused-ring (bicyclic) bond motifs is 1. The summed E-state index contributed by atoms with van der Waals surface area (Å²) >= 11 is 0. The van der Waals surface area contributed by atoms with E-state index >= 15 is 0 Å². The van der Waals surface area contributed by atoms with E-state index in [0.717, 1.165) is 13.9 Å². The van der Waals surface area contributed by atoms with Gasteiger partial charge in [-0.25, -0.2) is 0 Å². The minimum atomic E-state index is 0.936. The lowest BCUT2D eigenvalue weighted by Crippen LogP contribution is -1.75. The van der Waals surface area contributed by atoms with Gasteiger partial charge in [0, 0.05) is 5.39 Å². The van der Waals surface area contributed by atoms with Crippen LogP contribution in [-0.2, 0) is 0 Å². The van der Waals surface area contributed by atoms with E-state index in [2.05, 4.69) is 9.96 Å². The van der Waals surface area contributed by atoms with E-state index in [9.17, 15) is 0 Å². The van der Waals surface area contributed by atoms with Crippen molar-refractivity contribution < 1.29 is 0 Å². The van der Waals surface area contributed by atoms with Gasteiger partial charge in [0.05, 0.1) is 13.9 Å². The molecule has 0 radical (unpaired) electrons. The highest BCUT2D eigenvalue weighted by Gasteiger charge is 1.88. The van der Waals surface area contributed by atoms with Crippen molar-refractivity contribution >= 4 is 19.3 Å². The summed E-state index contributed by atoms with van der Waals surface area (Å²) in [7, 11) is 0.936. The van der Waals surface area contributed by atoms with Crippen LogP contribution < -0.4 is 0 Å². The third-order valence-electron chi connectivity index (χ3n) is 1.34. The molecule has 3 heteroatoms. The monoisotopic (exact) mass is 148 g/mol. The molecular weight excluding hydrogens is 143 g/mol. The highest BCUT2D eigenvalue weighted by Crippen LogP contribution is 2.11. The Hall–Kier alpha value is -1.01. The Kier molecular flexibility index (Phi) is 1.33. The Morgan fingerprint density at radius 1 is 1.20 bits per heavy atom. The SMILES string of the molecule is c1ccc2nnpcc2c1. The van der Waals surface area contributed by atoms with Crippen molar-refractivity contribution in [1.82, 2.24) is 9.96 Å². The van der Waals surface area contributed by atoms with Gasteiger partial charge in [0.15, 0.2) is 0 Å². The molecule has 2 aromatic rings. The molecule has 1 aromatic carbocycles. The zero-order chi connectivity index (χ0) is 6.81. The number of hydrogen-bond donors (Lipinski definition) is 0. The summed E-state index contributed by atoms with van der Waals surface area (Å²) in [6.07, 6.45) is 0. The van der Waals surface area contributed by atoms with Crippen LogP contribution in [0.3, 0.4) is 0 Å². The first kappa shape index (κ1) is 5.75. The molecule has 0 aliphatic rings. The largest absolute Gasteiger partial charge is 0.146 e. The highest BCUT2D eigenvalue weighted by molar-refractivity contribution is 7.24. The first-order chi connectivity index (χ1) is 4.97. The molecular formula is C7H5N2P. The first-order valence-corrected chi connectivity index (χ1v) is 3.91. The van der Waals surface area contributed by atoms with Crippen LogP contribution in [0.2, 0.25) is 0 Å². The second-order valence-corrected chi connectivity index (χ2v) is 2.66.